The molecular weight excluding hydrogens is 226 g/mol. The molecule has 18 heavy (non-hydrogen) atoms. The standard InChI is InChI=1S/C14H19N3O/c1-10-11(2)17(9-16-10)8-14(15)12-5-4-6-13(7-12)18-3/h4-7,9,14H,8,15H2,1-3H3. The number of nitrogens with two attached hydrogens (primary N) is 1. The van der Waals surface area contributed by atoms with E-state index in [1.807, 2.05) is 37.5 Å². The lowest BCUT2D eigenvalue weighted by Gasteiger charge is -2.15. The van der Waals surface area contributed by atoms with Gasteiger partial charge in [-0.25, -0.2) is 4.98 Å². The summed E-state index contributed by atoms with van der Waals surface area (Å²) in [4.78, 5) is 4.28. The second-order valence-electron chi connectivity index (χ2n) is 4.45. The van der Waals surface area contributed by atoms with Crippen LogP contribution in [-0.2, 0) is 6.54 Å². The van der Waals surface area contributed by atoms with E-state index in [4.69, 9.17) is 10.5 Å². The molecule has 96 valence electrons. The predicted octanol–water partition coefficient (Wildman–Crippen LogP) is 2.21. The lowest BCUT2D eigenvalue weighted by atomic mass is 10.1. The highest BCUT2D eigenvalue weighted by atomic mass is 16.5. The molecule has 0 spiro atoms. The Morgan fingerprint density at radius 3 is 2.78 bits per heavy atom. The van der Waals surface area contributed by atoms with Gasteiger partial charge in [-0.15, -0.1) is 0 Å². The molecule has 0 bridgehead atoms. The molecule has 2 aromatic rings. The molecule has 4 nitrogen and oxygen atoms in total. The SMILES string of the molecule is COc1cccc(C(N)Cn2cnc(C)c2C)c1. The van der Waals surface area contributed by atoms with Crippen LogP contribution in [0.15, 0.2) is 30.6 Å². The van der Waals surface area contributed by atoms with Gasteiger partial charge in [-0.2, -0.15) is 0 Å². The summed E-state index contributed by atoms with van der Waals surface area (Å²) in [6.45, 7) is 4.78. The fraction of sp³-hybridized carbons (Fsp3) is 0.357. The highest BCUT2D eigenvalue weighted by Gasteiger charge is 2.10. The van der Waals surface area contributed by atoms with Gasteiger partial charge in [0.05, 0.1) is 19.1 Å². The fourth-order valence-electron chi connectivity index (χ4n) is 1.92. The van der Waals surface area contributed by atoms with Crippen molar-refractivity contribution in [2.75, 3.05) is 7.11 Å². The van der Waals surface area contributed by atoms with Gasteiger partial charge in [0.2, 0.25) is 0 Å². The average Bonchev–Trinajstić information content (AvgIpc) is 2.71. The van der Waals surface area contributed by atoms with Crippen LogP contribution in [0.3, 0.4) is 0 Å². The number of rotatable bonds is 4. The zero-order valence-corrected chi connectivity index (χ0v) is 11.1. The molecule has 1 atom stereocenters. The highest BCUT2D eigenvalue weighted by molar-refractivity contribution is 5.30. The van der Waals surface area contributed by atoms with E-state index in [1.165, 1.54) is 0 Å². The van der Waals surface area contributed by atoms with Gasteiger partial charge in [0, 0.05) is 18.3 Å². The van der Waals surface area contributed by atoms with Gasteiger partial charge in [-0.3, -0.25) is 0 Å². The van der Waals surface area contributed by atoms with Crippen LogP contribution < -0.4 is 10.5 Å². The van der Waals surface area contributed by atoms with Gasteiger partial charge in [0.1, 0.15) is 5.75 Å². The Balaban J connectivity index is 2.16. The number of nitrogens with zero attached hydrogens (tertiary/aromatic N) is 2. The number of imidazole rings is 1. The van der Waals surface area contributed by atoms with E-state index in [2.05, 4.69) is 16.5 Å². The molecule has 1 aromatic carbocycles. The quantitative estimate of drug-likeness (QED) is 0.898. The van der Waals surface area contributed by atoms with Crippen LogP contribution in [0.4, 0.5) is 0 Å². The van der Waals surface area contributed by atoms with Crippen molar-refractivity contribution in [2.24, 2.45) is 5.73 Å². The zero-order valence-electron chi connectivity index (χ0n) is 11.1. The summed E-state index contributed by atoms with van der Waals surface area (Å²) in [5.74, 6) is 0.835. The van der Waals surface area contributed by atoms with Crippen molar-refractivity contribution in [1.82, 2.24) is 9.55 Å². The first-order valence-corrected chi connectivity index (χ1v) is 5.99. The van der Waals surface area contributed by atoms with Gasteiger partial charge >= 0.3 is 0 Å². The summed E-state index contributed by atoms with van der Waals surface area (Å²) in [7, 11) is 1.66. The Morgan fingerprint density at radius 1 is 1.39 bits per heavy atom. The van der Waals surface area contributed by atoms with E-state index in [0.29, 0.717) is 0 Å². The van der Waals surface area contributed by atoms with Crippen molar-refractivity contribution in [3.05, 3.63) is 47.5 Å². The van der Waals surface area contributed by atoms with Crippen molar-refractivity contribution in [2.45, 2.75) is 26.4 Å². The van der Waals surface area contributed by atoms with E-state index < -0.39 is 0 Å². The molecule has 0 saturated heterocycles. The van der Waals surface area contributed by atoms with Crippen LogP contribution in [0.25, 0.3) is 0 Å². The number of benzene rings is 1. The molecule has 0 saturated carbocycles. The summed E-state index contributed by atoms with van der Waals surface area (Å²) >= 11 is 0. The minimum absolute atomic E-state index is 0.0626. The highest BCUT2D eigenvalue weighted by Crippen LogP contribution is 2.19. The van der Waals surface area contributed by atoms with Crippen LogP contribution in [0.2, 0.25) is 0 Å². The normalized spacial score (nSPS) is 12.4. The summed E-state index contributed by atoms with van der Waals surface area (Å²) in [5.41, 5.74) is 9.50. The summed E-state index contributed by atoms with van der Waals surface area (Å²) in [6.07, 6.45) is 1.84. The van der Waals surface area contributed by atoms with E-state index in [-0.39, 0.29) is 6.04 Å². The van der Waals surface area contributed by atoms with Gasteiger partial charge in [-0.1, -0.05) is 12.1 Å². The Bertz CT molecular complexity index is 534. The van der Waals surface area contributed by atoms with Crippen LogP contribution in [0, 0.1) is 13.8 Å². The number of hydrogen-bond acceptors (Lipinski definition) is 3. The fourth-order valence-corrected chi connectivity index (χ4v) is 1.92. The molecular formula is C14H19N3O. The predicted molar refractivity (Wildman–Crippen MR) is 71.6 cm³/mol. The van der Waals surface area contributed by atoms with Crippen LogP contribution in [0.5, 0.6) is 5.75 Å². The summed E-state index contributed by atoms with van der Waals surface area (Å²) < 4.78 is 7.29. The maximum atomic E-state index is 6.22. The second-order valence-corrected chi connectivity index (χ2v) is 4.45. The number of methoxy groups -OCH3 is 1. The van der Waals surface area contributed by atoms with Crippen molar-refractivity contribution < 1.29 is 4.74 Å². The molecule has 1 unspecified atom stereocenters. The first-order valence-electron chi connectivity index (χ1n) is 5.99. The van der Waals surface area contributed by atoms with E-state index in [9.17, 15) is 0 Å². The molecule has 0 amide bonds. The largest absolute Gasteiger partial charge is 0.497 e. The molecule has 1 heterocycles. The number of ether oxygens (including phenoxy) is 1. The lowest BCUT2D eigenvalue weighted by Crippen LogP contribution is -2.18. The Hall–Kier alpha value is -1.81. The molecule has 0 aliphatic carbocycles. The second kappa shape index (κ2) is 5.23. The van der Waals surface area contributed by atoms with Crippen LogP contribution in [0.1, 0.15) is 23.0 Å². The zero-order chi connectivity index (χ0) is 13.1. The third kappa shape index (κ3) is 2.54. The van der Waals surface area contributed by atoms with Crippen molar-refractivity contribution in [3.8, 4) is 5.75 Å². The Labute approximate surface area is 107 Å². The first kappa shape index (κ1) is 12.6. The Kier molecular flexibility index (Phi) is 3.67. The third-order valence-corrected chi connectivity index (χ3v) is 3.26. The molecule has 0 radical (unpaired) electrons. The van der Waals surface area contributed by atoms with E-state index in [0.717, 1.165) is 29.2 Å². The van der Waals surface area contributed by atoms with Crippen molar-refractivity contribution in [1.29, 1.82) is 0 Å². The number of hydrogen-bond donors (Lipinski definition) is 1. The van der Waals surface area contributed by atoms with Crippen LogP contribution in [-0.4, -0.2) is 16.7 Å². The topological polar surface area (TPSA) is 53.1 Å². The van der Waals surface area contributed by atoms with Crippen molar-refractivity contribution >= 4 is 0 Å². The van der Waals surface area contributed by atoms with E-state index in [1.54, 1.807) is 7.11 Å². The van der Waals surface area contributed by atoms with Gasteiger partial charge in [-0.05, 0) is 31.5 Å². The molecule has 2 N–H and O–H groups in total. The molecule has 0 aliphatic rings. The number of aryl methyl sites for hydroxylation is 1. The molecule has 0 fully saturated rings. The summed E-state index contributed by atoms with van der Waals surface area (Å²) in [5, 5.41) is 0. The van der Waals surface area contributed by atoms with Crippen LogP contribution >= 0.6 is 0 Å². The average molecular weight is 245 g/mol. The van der Waals surface area contributed by atoms with E-state index >= 15 is 0 Å². The smallest absolute Gasteiger partial charge is 0.119 e. The summed E-state index contributed by atoms with van der Waals surface area (Å²) in [6, 6.07) is 7.81. The first-order chi connectivity index (χ1) is 8.61. The van der Waals surface area contributed by atoms with Gasteiger partial charge < -0.3 is 15.0 Å². The number of aromatic nitrogens is 2. The third-order valence-electron chi connectivity index (χ3n) is 3.26. The van der Waals surface area contributed by atoms with Gasteiger partial charge in [0.25, 0.3) is 0 Å². The molecule has 4 heteroatoms. The maximum Gasteiger partial charge on any atom is 0.119 e. The van der Waals surface area contributed by atoms with Gasteiger partial charge in [0.15, 0.2) is 0 Å². The lowest BCUT2D eigenvalue weighted by molar-refractivity contribution is 0.413. The molecule has 0 aliphatic heterocycles. The Morgan fingerprint density at radius 2 is 2.17 bits per heavy atom. The minimum atomic E-state index is -0.0626. The maximum absolute atomic E-state index is 6.22. The van der Waals surface area contributed by atoms with Crippen molar-refractivity contribution in [3.63, 3.8) is 0 Å². The monoisotopic (exact) mass is 245 g/mol. The molecule has 2 rings (SSSR count). The molecule has 1 aromatic heterocycles. The minimum Gasteiger partial charge on any atom is -0.497 e.